The highest BCUT2D eigenvalue weighted by molar-refractivity contribution is 6.30. The van der Waals surface area contributed by atoms with Gasteiger partial charge in [0, 0.05) is 54.2 Å². The van der Waals surface area contributed by atoms with Crippen LogP contribution in [0.5, 0.6) is 0 Å². The Balaban J connectivity index is 1.23. The van der Waals surface area contributed by atoms with Crippen molar-refractivity contribution in [1.82, 2.24) is 20.1 Å². The van der Waals surface area contributed by atoms with Gasteiger partial charge in [-0.2, -0.15) is 0 Å². The lowest BCUT2D eigenvalue weighted by atomic mass is 9.79. The lowest BCUT2D eigenvalue weighted by Crippen LogP contribution is -2.74. The van der Waals surface area contributed by atoms with E-state index in [0.717, 1.165) is 66.8 Å². The maximum atomic E-state index is 14.1. The number of aromatic nitrogens is 1. The molecule has 2 aliphatic heterocycles. The van der Waals surface area contributed by atoms with Gasteiger partial charge < -0.3 is 15.2 Å². The number of fused-ring (bicyclic) bond motifs is 1. The summed E-state index contributed by atoms with van der Waals surface area (Å²) in [5.41, 5.74) is 2.61. The van der Waals surface area contributed by atoms with Crippen LogP contribution in [-0.4, -0.2) is 57.3 Å². The molecule has 6 nitrogen and oxygen atoms in total. The van der Waals surface area contributed by atoms with E-state index in [1.807, 2.05) is 36.5 Å². The minimum absolute atomic E-state index is 0.0324. The van der Waals surface area contributed by atoms with Crippen molar-refractivity contribution >= 4 is 34.3 Å². The molecule has 3 heterocycles. The molecule has 1 spiro atoms. The van der Waals surface area contributed by atoms with E-state index in [4.69, 9.17) is 11.6 Å². The number of benzene rings is 2. The van der Waals surface area contributed by atoms with Crippen LogP contribution in [0.15, 0.2) is 54.7 Å². The number of carbonyl (C=O) groups excluding carboxylic acids is 2. The van der Waals surface area contributed by atoms with Gasteiger partial charge in [0.1, 0.15) is 11.6 Å². The molecule has 2 aromatic carbocycles. The van der Waals surface area contributed by atoms with Crippen molar-refractivity contribution in [3.05, 3.63) is 70.9 Å². The van der Waals surface area contributed by atoms with Crippen LogP contribution in [0.3, 0.4) is 0 Å². The number of likely N-dealkylation sites (tertiary alicyclic amines) is 1. The minimum atomic E-state index is -0.737. The van der Waals surface area contributed by atoms with Crippen molar-refractivity contribution in [3.63, 3.8) is 0 Å². The summed E-state index contributed by atoms with van der Waals surface area (Å²) >= 11 is 6.05. The summed E-state index contributed by atoms with van der Waals surface area (Å²) in [4.78, 5) is 35.7. The molecule has 2 amide bonds. The molecule has 3 aromatic rings. The van der Waals surface area contributed by atoms with Crippen molar-refractivity contribution in [2.75, 3.05) is 13.1 Å². The van der Waals surface area contributed by atoms with Crippen LogP contribution in [0.2, 0.25) is 5.02 Å². The van der Waals surface area contributed by atoms with Gasteiger partial charge in [-0.25, -0.2) is 0 Å². The van der Waals surface area contributed by atoms with E-state index in [0.29, 0.717) is 19.3 Å². The molecule has 7 heteroatoms. The number of para-hydroxylation sites is 1. The highest BCUT2D eigenvalue weighted by Gasteiger charge is 2.55. The van der Waals surface area contributed by atoms with Gasteiger partial charge in [-0.15, -0.1) is 0 Å². The fraction of sp³-hybridized carbons (Fsp3) is 0.448. The molecule has 2 N–H and O–H groups in total. The van der Waals surface area contributed by atoms with Gasteiger partial charge in [0.2, 0.25) is 11.8 Å². The van der Waals surface area contributed by atoms with E-state index in [2.05, 4.69) is 38.3 Å². The molecule has 2 saturated heterocycles. The monoisotopic (exact) mass is 504 g/mol. The van der Waals surface area contributed by atoms with Crippen LogP contribution >= 0.6 is 11.6 Å². The SMILES string of the molecule is O=C1[C@@H](Cc2c[nH]c3ccccc23)NC(=O)C2(CCN(Cc3ccc(Cl)cc3)CC2)N1C1CCCC1. The predicted molar refractivity (Wildman–Crippen MR) is 142 cm³/mol. The summed E-state index contributed by atoms with van der Waals surface area (Å²) in [6.07, 6.45) is 8.08. The van der Waals surface area contributed by atoms with E-state index < -0.39 is 11.6 Å². The van der Waals surface area contributed by atoms with Crippen molar-refractivity contribution in [1.29, 1.82) is 0 Å². The summed E-state index contributed by atoms with van der Waals surface area (Å²) < 4.78 is 0. The van der Waals surface area contributed by atoms with Crippen LogP contribution < -0.4 is 5.32 Å². The van der Waals surface area contributed by atoms with Gasteiger partial charge in [0.05, 0.1) is 0 Å². The third kappa shape index (κ3) is 4.20. The van der Waals surface area contributed by atoms with Gasteiger partial charge >= 0.3 is 0 Å². The molecular weight excluding hydrogens is 472 g/mol. The van der Waals surface area contributed by atoms with E-state index >= 15 is 0 Å². The Morgan fingerprint density at radius 3 is 2.44 bits per heavy atom. The molecule has 0 bridgehead atoms. The lowest BCUT2D eigenvalue weighted by Gasteiger charge is -2.54. The van der Waals surface area contributed by atoms with Crippen LogP contribution in [0.25, 0.3) is 10.9 Å². The first-order valence-electron chi connectivity index (χ1n) is 13.2. The van der Waals surface area contributed by atoms with E-state index in [1.165, 1.54) is 5.56 Å². The molecule has 1 saturated carbocycles. The first kappa shape index (κ1) is 23.6. The smallest absolute Gasteiger partial charge is 0.246 e. The van der Waals surface area contributed by atoms with Crippen LogP contribution in [0, 0.1) is 0 Å². The fourth-order valence-electron chi connectivity index (χ4n) is 6.59. The molecule has 3 fully saturated rings. The molecule has 1 aliphatic carbocycles. The number of hydrogen-bond acceptors (Lipinski definition) is 3. The molecule has 1 aromatic heterocycles. The molecular formula is C29H33ClN4O2. The van der Waals surface area contributed by atoms with Crippen molar-refractivity contribution in [3.8, 4) is 0 Å². The highest BCUT2D eigenvalue weighted by Crippen LogP contribution is 2.39. The van der Waals surface area contributed by atoms with Crippen LogP contribution in [-0.2, 0) is 22.6 Å². The highest BCUT2D eigenvalue weighted by atomic mass is 35.5. The number of piperazine rings is 1. The van der Waals surface area contributed by atoms with Gasteiger partial charge in [0.15, 0.2) is 0 Å². The standard InChI is InChI=1S/C29H33ClN4O2/c30-22-11-9-20(10-12-22)19-33-15-13-29(14-16-33)28(36)32-26(27(35)34(29)23-5-1-2-6-23)17-21-18-31-25-8-4-3-7-24(21)25/h3-4,7-12,18,23,26,31H,1-2,5-6,13-17,19H2,(H,32,36)/t26-/m1/s1. The number of nitrogens with one attached hydrogen (secondary N) is 2. The van der Waals surface area contributed by atoms with Crippen molar-refractivity contribution in [2.24, 2.45) is 0 Å². The summed E-state index contributed by atoms with van der Waals surface area (Å²) in [5, 5.41) is 5.03. The number of piperidine rings is 1. The number of rotatable bonds is 5. The summed E-state index contributed by atoms with van der Waals surface area (Å²) in [6.45, 7) is 2.41. The quantitative estimate of drug-likeness (QED) is 0.530. The third-order valence-electron chi connectivity index (χ3n) is 8.52. The number of aromatic amines is 1. The average molecular weight is 505 g/mol. The molecule has 36 heavy (non-hydrogen) atoms. The first-order valence-corrected chi connectivity index (χ1v) is 13.6. The Hall–Kier alpha value is -2.83. The minimum Gasteiger partial charge on any atom is -0.361 e. The number of halogens is 1. The summed E-state index contributed by atoms with van der Waals surface area (Å²) in [5.74, 6) is 0.128. The van der Waals surface area contributed by atoms with Crippen LogP contribution in [0.4, 0.5) is 0 Å². The normalized spacial score (nSPS) is 23.0. The number of hydrogen-bond donors (Lipinski definition) is 2. The summed E-state index contributed by atoms with van der Waals surface area (Å²) in [6, 6.07) is 15.7. The van der Waals surface area contributed by atoms with Crippen molar-refractivity contribution in [2.45, 2.75) is 69.1 Å². The maximum Gasteiger partial charge on any atom is 0.246 e. The first-order chi connectivity index (χ1) is 17.5. The largest absolute Gasteiger partial charge is 0.361 e. The van der Waals surface area contributed by atoms with E-state index in [1.54, 1.807) is 0 Å². The molecule has 3 aliphatic rings. The zero-order chi connectivity index (χ0) is 24.7. The van der Waals surface area contributed by atoms with Gasteiger partial charge in [-0.1, -0.05) is 54.8 Å². The van der Waals surface area contributed by atoms with Gasteiger partial charge in [0.25, 0.3) is 0 Å². The Bertz CT molecular complexity index is 1260. The molecule has 188 valence electrons. The lowest BCUT2D eigenvalue weighted by molar-refractivity contribution is -0.165. The summed E-state index contributed by atoms with van der Waals surface area (Å²) in [7, 11) is 0. The number of carbonyl (C=O) groups is 2. The second-order valence-corrected chi connectivity index (χ2v) is 11.1. The predicted octanol–water partition coefficient (Wildman–Crippen LogP) is 4.67. The number of H-pyrrole nitrogens is 1. The second kappa shape index (κ2) is 9.56. The number of amides is 2. The van der Waals surface area contributed by atoms with Crippen LogP contribution in [0.1, 0.15) is 49.7 Å². The second-order valence-electron chi connectivity index (χ2n) is 10.7. The van der Waals surface area contributed by atoms with E-state index in [-0.39, 0.29) is 17.9 Å². The van der Waals surface area contributed by atoms with E-state index in [9.17, 15) is 9.59 Å². The topological polar surface area (TPSA) is 68.4 Å². The Labute approximate surface area is 217 Å². The Morgan fingerprint density at radius 2 is 1.69 bits per heavy atom. The molecule has 0 unspecified atom stereocenters. The maximum absolute atomic E-state index is 14.1. The zero-order valence-electron chi connectivity index (χ0n) is 20.5. The zero-order valence-corrected chi connectivity index (χ0v) is 21.3. The third-order valence-corrected chi connectivity index (χ3v) is 8.77. The average Bonchev–Trinajstić information content (AvgIpc) is 3.56. The van der Waals surface area contributed by atoms with Gasteiger partial charge in [-0.3, -0.25) is 14.5 Å². The Kier molecular flexibility index (Phi) is 6.26. The number of nitrogens with zero attached hydrogens (tertiary/aromatic N) is 2. The molecule has 1 atom stereocenters. The fourth-order valence-corrected chi connectivity index (χ4v) is 6.72. The Morgan fingerprint density at radius 1 is 0.972 bits per heavy atom. The van der Waals surface area contributed by atoms with Gasteiger partial charge in [-0.05, 0) is 55.0 Å². The van der Waals surface area contributed by atoms with Crippen molar-refractivity contribution < 1.29 is 9.59 Å². The molecule has 6 rings (SSSR count). The molecule has 0 radical (unpaired) electrons.